The third-order valence-corrected chi connectivity index (χ3v) is 2.83. The summed E-state index contributed by atoms with van der Waals surface area (Å²) >= 11 is 0. The minimum Gasteiger partial charge on any atom is -0.496 e. The van der Waals surface area contributed by atoms with Crippen LogP contribution in [0.25, 0.3) is 0 Å². The van der Waals surface area contributed by atoms with Crippen molar-refractivity contribution in [2.24, 2.45) is 0 Å². The summed E-state index contributed by atoms with van der Waals surface area (Å²) in [6.45, 7) is 0.245. The van der Waals surface area contributed by atoms with Gasteiger partial charge in [-0.25, -0.2) is 9.18 Å². The zero-order valence-electron chi connectivity index (χ0n) is 11.5. The zero-order valence-corrected chi connectivity index (χ0v) is 11.5. The minimum absolute atomic E-state index is 0.245. The van der Waals surface area contributed by atoms with E-state index >= 15 is 0 Å². The number of benzene rings is 2. The Kier molecular flexibility index (Phi) is 4.61. The van der Waals surface area contributed by atoms with Gasteiger partial charge in [0.15, 0.2) is 0 Å². The van der Waals surface area contributed by atoms with E-state index in [0.717, 1.165) is 5.56 Å². The van der Waals surface area contributed by atoms with Gasteiger partial charge in [-0.1, -0.05) is 6.07 Å². The molecule has 2 aromatic carbocycles. The van der Waals surface area contributed by atoms with E-state index in [2.05, 4.69) is 10.6 Å². The van der Waals surface area contributed by atoms with Gasteiger partial charge >= 0.3 is 6.03 Å². The Morgan fingerprint density at radius 3 is 2.81 bits per heavy atom. The van der Waals surface area contributed by atoms with Crippen molar-refractivity contribution in [2.75, 3.05) is 18.2 Å². The highest BCUT2D eigenvalue weighted by molar-refractivity contribution is 5.89. The molecular weight excluding hydrogens is 273 g/mol. The fourth-order valence-electron chi connectivity index (χ4n) is 1.85. The van der Waals surface area contributed by atoms with Crippen LogP contribution in [0.4, 0.5) is 20.6 Å². The Hall–Kier alpha value is -2.76. The topological polar surface area (TPSA) is 76.4 Å². The first kappa shape index (κ1) is 14.6. The standard InChI is InChI=1S/C15H16FN3O2/c1-21-14-6-5-12(17)7-10(14)9-18-15(20)19-13-4-2-3-11(16)8-13/h2-8H,9,17H2,1H3,(H2,18,19,20). The third kappa shape index (κ3) is 4.10. The lowest BCUT2D eigenvalue weighted by molar-refractivity contribution is 0.251. The maximum atomic E-state index is 13.0. The Bertz CT molecular complexity index is 647. The molecule has 0 atom stereocenters. The Labute approximate surface area is 121 Å². The van der Waals surface area contributed by atoms with Crippen molar-refractivity contribution in [3.63, 3.8) is 0 Å². The van der Waals surface area contributed by atoms with Crippen LogP contribution in [-0.2, 0) is 6.54 Å². The van der Waals surface area contributed by atoms with Gasteiger partial charge in [-0.05, 0) is 36.4 Å². The minimum atomic E-state index is -0.440. The van der Waals surface area contributed by atoms with E-state index in [1.165, 1.54) is 18.2 Å². The number of nitrogen functional groups attached to an aromatic ring is 1. The molecule has 2 rings (SSSR count). The molecule has 0 saturated heterocycles. The molecule has 0 aromatic heterocycles. The zero-order chi connectivity index (χ0) is 15.2. The van der Waals surface area contributed by atoms with Crippen molar-refractivity contribution in [3.05, 3.63) is 53.8 Å². The molecule has 0 aliphatic heterocycles. The summed E-state index contributed by atoms with van der Waals surface area (Å²) in [5.41, 5.74) is 7.42. The first-order valence-electron chi connectivity index (χ1n) is 6.31. The van der Waals surface area contributed by atoms with Gasteiger partial charge in [-0.2, -0.15) is 0 Å². The van der Waals surface area contributed by atoms with Crippen LogP contribution >= 0.6 is 0 Å². The second-order valence-electron chi connectivity index (χ2n) is 4.39. The van der Waals surface area contributed by atoms with Crippen LogP contribution < -0.4 is 21.1 Å². The normalized spacial score (nSPS) is 10.0. The number of hydrogen-bond donors (Lipinski definition) is 3. The highest BCUT2D eigenvalue weighted by Crippen LogP contribution is 2.20. The number of rotatable bonds is 4. The lowest BCUT2D eigenvalue weighted by Crippen LogP contribution is -2.28. The van der Waals surface area contributed by atoms with E-state index in [9.17, 15) is 9.18 Å². The van der Waals surface area contributed by atoms with E-state index in [4.69, 9.17) is 10.5 Å². The van der Waals surface area contributed by atoms with Gasteiger partial charge in [0.2, 0.25) is 0 Å². The number of amides is 2. The molecule has 2 aromatic rings. The number of ether oxygens (including phenoxy) is 1. The van der Waals surface area contributed by atoms with Gasteiger partial charge in [0, 0.05) is 23.5 Å². The quantitative estimate of drug-likeness (QED) is 0.757. The summed E-state index contributed by atoms with van der Waals surface area (Å²) in [7, 11) is 1.54. The predicted molar refractivity (Wildman–Crippen MR) is 79.7 cm³/mol. The second kappa shape index (κ2) is 6.60. The largest absolute Gasteiger partial charge is 0.496 e. The smallest absolute Gasteiger partial charge is 0.319 e. The monoisotopic (exact) mass is 289 g/mol. The summed E-state index contributed by atoms with van der Waals surface area (Å²) in [5.74, 6) is 0.223. The van der Waals surface area contributed by atoms with Crippen LogP contribution in [0.1, 0.15) is 5.56 Å². The average Bonchev–Trinajstić information content (AvgIpc) is 2.45. The number of urea groups is 1. The molecule has 0 spiro atoms. The summed E-state index contributed by atoms with van der Waals surface area (Å²) in [6.07, 6.45) is 0. The molecule has 0 aliphatic rings. The Balaban J connectivity index is 1.96. The molecule has 0 bridgehead atoms. The van der Waals surface area contributed by atoms with Crippen LogP contribution in [0, 0.1) is 5.82 Å². The number of anilines is 2. The van der Waals surface area contributed by atoms with Crippen LogP contribution in [0.2, 0.25) is 0 Å². The van der Waals surface area contributed by atoms with Crippen LogP contribution in [-0.4, -0.2) is 13.1 Å². The van der Waals surface area contributed by atoms with Gasteiger partial charge in [0.1, 0.15) is 11.6 Å². The number of nitrogens with two attached hydrogens (primary N) is 1. The van der Waals surface area contributed by atoms with Crippen molar-refractivity contribution in [1.29, 1.82) is 0 Å². The molecule has 0 aliphatic carbocycles. The molecule has 110 valence electrons. The molecule has 0 unspecified atom stereocenters. The van der Waals surface area contributed by atoms with Crippen molar-refractivity contribution in [2.45, 2.75) is 6.54 Å². The molecule has 5 nitrogen and oxygen atoms in total. The molecule has 0 radical (unpaired) electrons. The lowest BCUT2D eigenvalue weighted by Gasteiger charge is -2.11. The fourth-order valence-corrected chi connectivity index (χ4v) is 1.85. The Morgan fingerprint density at radius 1 is 1.29 bits per heavy atom. The average molecular weight is 289 g/mol. The van der Waals surface area contributed by atoms with Crippen molar-refractivity contribution in [1.82, 2.24) is 5.32 Å². The molecule has 4 N–H and O–H groups in total. The second-order valence-corrected chi connectivity index (χ2v) is 4.39. The van der Waals surface area contributed by atoms with Gasteiger partial charge in [-0.3, -0.25) is 0 Å². The van der Waals surface area contributed by atoms with E-state index in [0.29, 0.717) is 17.1 Å². The summed E-state index contributed by atoms with van der Waals surface area (Å²) in [6, 6.07) is 10.4. The molecule has 0 heterocycles. The van der Waals surface area contributed by atoms with Gasteiger partial charge in [0.05, 0.1) is 7.11 Å². The fraction of sp³-hybridized carbons (Fsp3) is 0.133. The molecular formula is C15H16FN3O2. The van der Waals surface area contributed by atoms with Crippen molar-refractivity contribution < 1.29 is 13.9 Å². The number of nitrogens with one attached hydrogen (secondary N) is 2. The van der Waals surface area contributed by atoms with E-state index in [1.807, 2.05) is 0 Å². The first-order valence-corrected chi connectivity index (χ1v) is 6.31. The number of carbonyl (C=O) groups is 1. The number of methoxy groups -OCH3 is 1. The molecule has 0 saturated carbocycles. The lowest BCUT2D eigenvalue weighted by atomic mass is 10.2. The van der Waals surface area contributed by atoms with Gasteiger partial charge in [-0.15, -0.1) is 0 Å². The Morgan fingerprint density at radius 2 is 2.10 bits per heavy atom. The summed E-state index contributed by atoms with van der Waals surface area (Å²) in [5, 5.41) is 5.20. The highest BCUT2D eigenvalue weighted by atomic mass is 19.1. The van der Waals surface area contributed by atoms with Crippen molar-refractivity contribution in [3.8, 4) is 5.75 Å². The summed E-state index contributed by atoms with van der Waals surface area (Å²) in [4.78, 5) is 11.8. The van der Waals surface area contributed by atoms with E-state index < -0.39 is 11.8 Å². The van der Waals surface area contributed by atoms with Crippen LogP contribution in [0.5, 0.6) is 5.75 Å². The number of halogens is 1. The van der Waals surface area contributed by atoms with Gasteiger partial charge in [0.25, 0.3) is 0 Å². The maximum absolute atomic E-state index is 13.0. The molecule has 21 heavy (non-hydrogen) atoms. The molecule has 2 amide bonds. The highest BCUT2D eigenvalue weighted by Gasteiger charge is 2.06. The molecule has 6 heteroatoms. The predicted octanol–water partition coefficient (Wildman–Crippen LogP) is 2.74. The number of carbonyl (C=O) groups excluding carboxylic acids is 1. The van der Waals surface area contributed by atoms with E-state index in [1.54, 1.807) is 31.4 Å². The molecule has 0 fully saturated rings. The van der Waals surface area contributed by atoms with Crippen LogP contribution in [0.3, 0.4) is 0 Å². The van der Waals surface area contributed by atoms with E-state index in [-0.39, 0.29) is 6.54 Å². The van der Waals surface area contributed by atoms with Gasteiger partial charge < -0.3 is 21.1 Å². The SMILES string of the molecule is COc1ccc(N)cc1CNC(=O)Nc1cccc(F)c1. The summed E-state index contributed by atoms with van der Waals surface area (Å²) < 4.78 is 18.2. The van der Waals surface area contributed by atoms with Crippen LogP contribution in [0.15, 0.2) is 42.5 Å². The maximum Gasteiger partial charge on any atom is 0.319 e. The number of hydrogen-bond acceptors (Lipinski definition) is 3. The van der Waals surface area contributed by atoms with Crippen molar-refractivity contribution >= 4 is 17.4 Å². The third-order valence-electron chi connectivity index (χ3n) is 2.83. The first-order chi connectivity index (χ1) is 10.1.